The first-order chi connectivity index (χ1) is 6.93. The standard InChI is InChI=1S/C9H15F2NO4/c1-8(2,3)16-7(15)12-5(6(13)14)9(4,10)11/h5H,1-4H3,(H,12,15)(H,13,14). The average Bonchev–Trinajstić information content (AvgIpc) is 1.93. The highest BCUT2D eigenvalue weighted by molar-refractivity contribution is 5.81. The summed E-state index contributed by atoms with van der Waals surface area (Å²) < 4.78 is 30.2. The van der Waals surface area contributed by atoms with Crippen LogP contribution in [0.2, 0.25) is 0 Å². The van der Waals surface area contributed by atoms with E-state index in [4.69, 9.17) is 5.11 Å². The maximum absolute atomic E-state index is 12.8. The van der Waals surface area contributed by atoms with Gasteiger partial charge in [-0.25, -0.2) is 18.4 Å². The summed E-state index contributed by atoms with van der Waals surface area (Å²) in [6, 6.07) is -2.30. The van der Waals surface area contributed by atoms with Crippen molar-refractivity contribution in [2.75, 3.05) is 0 Å². The van der Waals surface area contributed by atoms with Gasteiger partial charge >= 0.3 is 12.1 Å². The Balaban J connectivity index is 4.56. The predicted molar refractivity (Wildman–Crippen MR) is 51.4 cm³/mol. The minimum absolute atomic E-state index is 0.406. The molecule has 0 bridgehead atoms. The number of carboxylic acids is 1. The van der Waals surface area contributed by atoms with Crippen molar-refractivity contribution in [2.45, 2.75) is 45.3 Å². The number of carbonyl (C=O) groups is 2. The number of halogens is 2. The van der Waals surface area contributed by atoms with E-state index < -0.39 is 29.6 Å². The molecule has 5 nitrogen and oxygen atoms in total. The van der Waals surface area contributed by atoms with Crippen LogP contribution in [0.15, 0.2) is 0 Å². The summed E-state index contributed by atoms with van der Waals surface area (Å²) in [4.78, 5) is 21.6. The summed E-state index contributed by atoms with van der Waals surface area (Å²) in [5.41, 5.74) is -0.879. The molecular formula is C9H15F2NO4. The fourth-order valence-electron chi connectivity index (χ4n) is 0.831. The molecule has 0 saturated heterocycles. The molecular weight excluding hydrogens is 224 g/mol. The van der Waals surface area contributed by atoms with Gasteiger partial charge in [0.15, 0.2) is 6.04 Å². The molecule has 0 fully saturated rings. The minimum atomic E-state index is -3.57. The van der Waals surface area contributed by atoms with Crippen LogP contribution in [0.25, 0.3) is 0 Å². The third-order valence-electron chi connectivity index (χ3n) is 1.41. The van der Waals surface area contributed by atoms with Gasteiger partial charge in [-0.15, -0.1) is 0 Å². The zero-order valence-corrected chi connectivity index (χ0v) is 9.51. The van der Waals surface area contributed by atoms with Gasteiger partial charge in [0.05, 0.1) is 0 Å². The largest absolute Gasteiger partial charge is 0.480 e. The number of carbonyl (C=O) groups excluding carboxylic acids is 1. The van der Waals surface area contributed by atoms with Crippen molar-refractivity contribution in [2.24, 2.45) is 0 Å². The zero-order valence-electron chi connectivity index (χ0n) is 9.51. The molecule has 0 radical (unpaired) electrons. The van der Waals surface area contributed by atoms with Gasteiger partial charge in [0.1, 0.15) is 5.60 Å². The molecule has 1 atom stereocenters. The number of nitrogens with one attached hydrogen (secondary N) is 1. The van der Waals surface area contributed by atoms with Gasteiger partial charge in [-0.05, 0) is 20.8 Å². The highest BCUT2D eigenvalue weighted by atomic mass is 19.3. The highest BCUT2D eigenvalue weighted by Crippen LogP contribution is 2.18. The van der Waals surface area contributed by atoms with Crippen molar-refractivity contribution in [3.05, 3.63) is 0 Å². The molecule has 0 rings (SSSR count). The van der Waals surface area contributed by atoms with Crippen LogP contribution in [0, 0.1) is 0 Å². The van der Waals surface area contributed by atoms with Gasteiger partial charge in [-0.3, -0.25) is 0 Å². The Morgan fingerprint density at radius 1 is 1.25 bits per heavy atom. The molecule has 1 amide bonds. The van der Waals surface area contributed by atoms with Gasteiger partial charge in [-0.2, -0.15) is 0 Å². The van der Waals surface area contributed by atoms with Crippen molar-refractivity contribution in [1.82, 2.24) is 5.32 Å². The molecule has 0 heterocycles. The number of aliphatic carboxylic acids is 1. The van der Waals surface area contributed by atoms with Crippen LogP contribution in [0.3, 0.4) is 0 Å². The summed E-state index contributed by atoms with van der Waals surface area (Å²) in [5, 5.41) is 10.1. The van der Waals surface area contributed by atoms with E-state index in [0.717, 1.165) is 0 Å². The smallest absolute Gasteiger partial charge is 0.408 e. The molecule has 94 valence electrons. The quantitative estimate of drug-likeness (QED) is 0.784. The highest BCUT2D eigenvalue weighted by Gasteiger charge is 2.42. The van der Waals surface area contributed by atoms with E-state index in [2.05, 4.69) is 4.74 Å². The van der Waals surface area contributed by atoms with Crippen molar-refractivity contribution >= 4 is 12.1 Å². The normalized spacial score (nSPS) is 14.1. The summed E-state index contributed by atoms with van der Waals surface area (Å²) >= 11 is 0. The number of rotatable bonds is 3. The number of ether oxygens (including phenoxy) is 1. The van der Waals surface area contributed by atoms with Gasteiger partial charge in [0.25, 0.3) is 5.92 Å². The van der Waals surface area contributed by atoms with E-state index in [0.29, 0.717) is 6.92 Å². The molecule has 0 saturated carbocycles. The lowest BCUT2D eigenvalue weighted by Crippen LogP contribution is -2.52. The molecule has 7 heteroatoms. The molecule has 0 aromatic heterocycles. The first-order valence-electron chi connectivity index (χ1n) is 4.53. The lowest BCUT2D eigenvalue weighted by molar-refractivity contribution is -0.149. The Kier molecular flexibility index (Phi) is 4.22. The number of carboxylic acid groups (broad SMARTS) is 1. The fourth-order valence-corrected chi connectivity index (χ4v) is 0.831. The molecule has 0 aliphatic carbocycles. The van der Waals surface area contributed by atoms with Crippen LogP contribution in [0.5, 0.6) is 0 Å². The first-order valence-corrected chi connectivity index (χ1v) is 4.53. The second-order valence-corrected chi connectivity index (χ2v) is 4.37. The monoisotopic (exact) mass is 239 g/mol. The summed E-state index contributed by atoms with van der Waals surface area (Å²) in [6.45, 7) is 5.01. The van der Waals surface area contributed by atoms with Crippen LogP contribution in [-0.4, -0.2) is 34.7 Å². The number of hydrogen-bond donors (Lipinski definition) is 2. The lowest BCUT2D eigenvalue weighted by Gasteiger charge is -2.24. The van der Waals surface area contributed by atoms with E-state index in [1.807, 2.05) is 0 Å². The van der Waals surface area contributed by atoms with Gasteiger partial charge < -0.3 is 15.2 Å². The summed E-state index contributed by atoms with van der Waals surface area (Å²) in [7, 11) is 0. The van der Waals surface area contributed by atoms with Crippen LogP contribution in [0.4, 0.5) is 13.6 Å². The maximum atomic E-state index is 12.8. The molecule has 0 spiro atoms. The van der Waals surface area contributed by atoms with Crippen molar-refractivity contribution in [3.63, 3.8) is 0 Å². The summed E-state index contributed by atoms with van der Waals surface area (Å²) in [6.07, 6.45) is -1.19. The average molecular weight is 239 g/mol. The molecule has 0 aromatic rings. The Morgan fingerprint density at radius 3 is 1.94 bits per heavy atom. The first kappa shape index (κ1) is 14.6. The molecule has 16 heavy (non-hydrogen) atoms. The number of alkyl halides is 2. The van der Waals surface area contributed by atoms with Gasteiger partial charge in [0.2, 0.25) is 0 Å². The second-order valence-electron chi connectivity index (χ2n) is 4.37. The SMILES string of the molecule is CC(C)(C)OC(=O)NC(C(=O)O)C(C)(F)F. The van der Waals surface area contributed by atoms with Crippen molar-refractivity contribution < 1.29 is 28.2 Å². The van der Waals surface area contributed by atoms with Crippen molar-refractivity contribution in [1.29, 1.82) is 0 Å². The Bertz CT molecular complexity index is 280. The number of alkyl carbamates (subject to hydrolysis) is 1. The zero-order chi connectivity index (χ0) is 13.1. The van der Waals surface area contributed by atoms with E-state index in [1.165, 1.54) is 20.8 Å². The Hall–Kier alpha value is -1.40. The Labute approximate surface area is 91.8 Å². The van der Waals surface area contributed by atoms with Gasteiger partial charge in [0, 0.05) is 6.92 Å². The Morgan fingerprint density at radius 2 is 1.69 bits per heavy atom. The molecule has 0 aromatic carbocycles. The second kappa shape index (κ2) is 4.63. The van der Waals surface area contributed by atoms with Crippen LogP contribution in [-0.2, 0) is 9.53 Å². The number of amides is 1. The fraction of sp³-hybridized carbons (Fsp3) is 0.778. The van der Waals surface area contributed by atoms with Crippen LogP contribution in [0.1, 0.15) is 27.7 Å². The van der Waals surface area contributed by atoms with E-state index in [9.17, 15) is 18.4 Å². The minimum Gasteiger partial charge on any atom is -0.480 e. The van der Waals surface area contributed by atoms with E-state index >= 15 is 0 Å². The van der Waals surface area contributed by atoms with Gasteiger partial charge in [-0.1, -0.05) is 0 Å². The van der Waals surface area contributed by atoms with Crippen LogP contribution < -0.4 is 5.32 Å². The topological polar surface area (TPSA) is 75.6 Å². The molecule has 0 aliphatic heterocycles. The van der Waals surface area contributed by atoms with Crippen LogP contribution >= 0.6 is 0 Å². The third kappa shape index (κ3) is 5.47. The molecule has 1 unspecified atom stereocenters. The van der Waals surface area contributed by atoms with E-state index in [-0.39, 0.29) is 0 Å². The van der Waals surface area contributed by atoms with Crippen molar-refractivity contribution in [3.8, 4) is 0 Å². The maximum Gasteiger partial charge on any atom is 0.408 e. The number of hydrogen-bond acceptors (Lipinski definition) is 3. The predicted octanol–water partition coefficient (Wildman–Crippen LogP) is 1.62. The molecule has 0 aliphatic rings. The summed E-state index contributed by atoms with van der Waals surface area (Å²) in [5.74, 6) is -5.39. The van der Waals surface area contributed by atoms with E-state index in [1.54, 1.807) is 5.32 Å². The molecule has 2 N–H and O–H groups in total. The third-order valence-corrected chi connectivity index (χ3v) is 1.41. The lowest BCUT2D eigenvalue weighted by atomic mass is 10.2.